The van der Waals surface area contributed by atoms with E-state index < -0.39 is 0 Å². The van der Waals surface area contributed by atoms with E-state index in [-0.39, 0.29) is 18.1 Å². The number of amides is 1. The zero-order valence-electron chi connectivity index (χ0n) is 14.9. The first-order valence-electron chi connectivity index (χ1n) is 9.09. The smallest absolute Gasteiger partial charge is 0.220 e. The molecule has 0 saturated carbocycles. The number of carbonyl (C=O) groups is 1. The molecule has 0 aromatic heterocycles. The standard InChI is InChI=1S/C21H25FN2O2/c22-20-4-2-1-3-19(20)9-10-21(25)23-15-17-5-7-18(8-6-17)16-24-11-13-26-14-12-24/h1-8H,9-16H2,(H,23,25). The second-order valence-corrected chi connectivity index (χ2v) is 6.57. The van der Waals surface area contributed by atoms with Gasteiger partial charge in [0.2, 0.25) is 5.91 Å². The molecule has 2 aromatic rings. The highest BCUT2D eigenvalue weighted by Crippen LogP contribution is 2.10. The van der Waals surface area contributed by atoms with Crippen LogP contribution in [0, 0.1) is 5.82 Å². The Hall–Kier alpha value is -2.24. The van der Waals surface area contributed by atoms with E-state index in [1.54, 1.807) is 18.2 Å². The molecule has 4 nitrogen and oxygen atoms in total. The Morgan fingerprint density at radius 2 is 1.73 bits per heavy atom. The Labute approximate surface area is 154 Å². The van der Waals surface area contributed by atoms with Gasteiger partial charge in [0, 0.05) is 32.6 Å². The highest BCUT2D eigenvalue weighted by molar-refractivity contribution is 5.76. The Morgan fingerprint density at radius 1 is 1.04 bits per heavy atom. The van der Waals surface area contributed by atoms with Crippen molar-refractivity contribution in [3.63, 3.8) is 0 Å². The molecule has 5 heteroatoms. The van der Waals surface area contributed by atoms with Crippen LogP contribution in [0.15, 0.2) is 48.5 Å². The molecular formula is C21H25FN2O2. The van der Waals surface area contributed by atoms with Crippen molar-refractivity contribution in [3.05, 3.63) is 71.0 Å². The lowest BCUT2D eigenvalue weighted by Gasteiger charge is -2.26. The normalized spacial score (nSPS) is 15.0. The number of halogens is 1. The molecular weight excluding hydrogens is 331 g/mol. The summed E-state index contributed by atoms with van der Waals surface area (Å²) in [4.78, 5) is 14.4. The maximum absolute atomic E-state index is 13.6. The second kappa shape index (κ2) is 9.46. The number of morpholine rings is 1. The van der Waals surface area contributed by atoms with Crippen molar-refractivity contribution in [1.82, 2.24) is 10.2 Å². The molecule has 2 aromatic carbocycles. The average Bonchev–Trinajstić information content (AvgIpc) is 2.68. The van der Waals surface area contributed by atoms with Crippen molar-refractivity contribution >= 4 is 5.91 Å². The van der Waals surface area contributed by atoms with Gasteiger partial charge < -0.3 is 10.1 Å². The zero-order chi connectivity index (χ0) is 18.2. The van der Waals surface area contributed by atoms with Crippen molar-refractivity contribution in [1.29, 1.82) is 0 Å². The highest BCUT2D eigenvalue weighted by atomic mass is 19.1. The number of benzene rings is 2. The van der Waals surface area contributed by atoms with E-state index >= 15 is 0 Å². The molecule has 0 unspecified atom stereocenters. The van der Waals surface area contributed by atoms with Gasteiger partial charge >= 0.3 is 0 Å². The lowest BCUT2D eigenvalue weighted by molar-refractivity contribution is -0.121. The van der Waals surface area contributed by atoms with E-state index in [4.69, 9.17) is 4.74 Å². The summed E-state index contributed by atoms with van der Waals surface area (Å²) in [5, 5.41) is 2.90. The molecule has 1 amide bonds. The summed E-state index contributed by atoms with van der Waals surface area (Å²) < 4.78 is 18.9. The number of ether oxygens (including phenoxy) is 1. The van der Waals surface area contributed by atoms with Crippen LogP contribution in [-0.4, -0.2) is 37.1 Å². The molecule has 1 heterocycles. The van der Waals surface area contributed by atoms with Gasteiger partial charge in [-0.3, -0.25) is 9.69 Å². The first kappa shape index (κ1) is 18.5. The van der Waals surface area contributed by atoms with Crippen molar-refractivity contribution in [3.8, 4) is 0 Å². The van der Waals surface area contributed by atoms with Gasteiger partial charge in [0.15, 0.2) is 0 Å². The van der Waals surface area contributed by atoms with Gasteiger partial charge in [0.05, 0.1) is 13.2 Å². The molecule has 26 heavy (non-hydrogen) atoms. The molecule has 3 rings (SSSR count). The summed E-state index contributed by atoms with van der Waals surface area (Å²) in [5.74, 6) is -0.318. The molecule has 1 N–H and O–H groups in total. The van der Waals surface area contributed by atoms with E-state index in [1.165, 1.54) is 11.6 Å². The zero-order valence-corrected chi connectivity index (χ0v) is 14.9. The first-order valence-corrected chi connectivity index (χ1v) is 9.09. The molecule has 1 aliphatic rings. The van der Waals surface area contributed by atoms with E-state index in [1.807, 2.05) is 12.1 Å². The lowest BCUT2D eigenvalue weighted by atomic mass is 10.1. The molecule has 0 radical (unpaired) electrons. The summed E-state index contributed by atoms with van der Waals surface area (Å²) in [7, 11) is 0. The molecule has 1 aliphatic heterocycles. The number of rotatable bonds is 7. The summed E-state index contributed by atoms with van der Waals surface area (Å²) in [6.07, 6.45) is 0.701. The van der Waals surface area contributed by atoms with E-state index in [9.17, 15) is 9.18 Å². The topological polar surface area (TPSA) is 41.6 Å². The van der Waals surface area contributed by atoms with Crippen LogP contribution < -0.4 is 5.32 Å². The highest BCUT2D eigenvalue weighted by Gasteiger charge is 2.10. The van der Waals surface area contributed by atoms with Gasteiger partial charge in [-0.2, -0.15) is 0 Å². The summed E-state index contributed by atoms with van der Waals surface area (Å²) in [5.41, 5.74) is 2.91. The Morgan fingerprint density at radius 3 is 2.46 bits per heavy atom. The number of nitrogens with one attached hydrogen (secondary N) is 1. The van der Waals surface area contributed by atoms with Gasteiger partial charge in [0.25, 0.3) is 0 Å². The minimum absolute atomic E-state index is 0.0642. The Kier molecular flexibility index (Phi) is 6.75. The summed E-state index contributed by atoms with van der Waals surface area (Å²) in [6, 6.07) is 14.9. The Bertz CT molecular complexity index is 712. The monoisotopic (exact) mass is 356 g/mol. The maximum Gasteiger partial charge on any atom is 0.220 e. The third kappa shape index (κ3) is 5.64. The maximum atomic E-state index is 13.6. The van der Waals surface area contributed by atoms with Crippen LogP contribution >= 0.6 is 0 Å². The van der Waals surface area contributed by atoms with Crippen LogP contribution in [0.4, 0.5) is 4.39 Å². The third-order valence-electron chi connectivity index (χ3n) is 4.60. The lowest BCUT2D eigenvalue weighted by Crippen LogP contribution is -2.35. The molecule has 0 spiro atoms. The molecule has 1 fully saturated rings. The molecule has 138 valence electrons. The van der Waals surface area contributed by atoms with Crippen molar-refractivity contribution < 1.29 is 13.9 Å². The largest absolute Gasteiger partial charge is 0.379 e. The van der Waals surface area contributed by atoms with Crippen molar-refractivity contribution in [2.45, 2.75) is 25.9 Å². The second-order valence-electron chi connectivity index (χ2n) is 6.57. The number of carbonyl (C=O) groups excluding carboxylic acids is 1. The predicted molar refractivity (Wildman–Crippen MR) is 99.1 cm³/mol. The minimum Gasteiger partial charge on any atom is -0.379 e. The summed E-state index contributed by atoms with van der Waals surface area (Å²) >= 11 is 0. The van der Waals surface area contributed by atoms with E-state index in [0.29, 0.717) is 18.5 Å². The number of hydrogen-bond acceptors (Lipinski definition) is 3. The quantitative estimate of drug-likeness (QED) is 0.829. The van der Waals surface area contributed by atoms with Gasteiger partial charge in [0.1, 0.15) is 5.82 Å². The van der Waals surface area contributed by atoms with Gasteiger partial charge in [-0.1, -0.05) is 42.5 Å². The van der Waals surface area contributed by atoms with Crippen LogP contribution in [0.5, 0.6) is 0 Å². The average molecular weight is 356 g/mol. The van der Waals surface area contributed by atoms with Crippen molar-refractivity contribution in [2.24, 2.45) is 0 Å². The van der Waals surface area contributed by atoms with Gasteiger partial charge in [-0.05, 0) is 29.2 Å². The minimum atomic E-state index is -0.254. The first-order chi connectivity index (χ1) is 12.7. The SMILES string of the molecule is O=C(CCc1ccccc1F)NCc1ccc(CN2CCOCC2)cc1. The fourth-order valence-electron chi connectivity index (χ4n) is 3.02. The third-order valence-corrected chi connectivity index (χ3v) is 4.60. The number of nitrogens with zero attached hydrogens (tertiary/aromatic N) is 1. The van der Waals surface area contributed by atoms with Crippen LogP contribution in [0.3, 0.4) is 0 Å². The van der Waals surface area contributed by atoms with Gasteiger partial charge in [-0.15, -0.1) is 0 Å². The van der Waals surface area contributed by atoms with E-state index in [2.05, 4.69) is 22.3 Å². The van der Waals surface area contributed by atoms with Gasteiger partial charge in [-0.25, -0.2) is 4.39 Å². The fraction of sp³-hybridized carbons (Fsp3) is 0.381. The van der Waals surface area contributed by atoms with Crippen LogP contribution in [0.2, 0.25) is 0 Å². The molecule has 0 bridgehead atoms. The summed E-state index contributed by atoms with van der Waals surface area (Å²) in [6.45, 7) is 4.97. The van der Waals surface area contributed by atoms with E-state index in [0.717, 1.165) is 38.4 Å². The van der Waals surface area contributed by atoms with Crippen LogP contribution in [0.25, 0.3) is 0 Å². The van der Waals surface area contributed by atoms with Crippen LogP contribution in [0.1, 0.15) is 23.1 Å². The number of aryl methyl sites for hydroxylation is 1. The predicted octanol–water partition coefficient (Wildman–Crippen LogP) is 2.91. The Balaban J connectivity index is 1.41. The van der Waals surface area contributed by atoms with Crippen LogP contribution in [-0.2, 0) is 29.0 Å². The fourth-order valence-corrected chi connectivity index (χ4v) is 3.02. The molecule has 0 atom stereocenters. The molecule has 0 aliphatic carbocycles. The molecule has 1 saturated heterocycles. The van der Waals surface area contributed by atoms with Crippen molar-refractivity contribution in [2.75, 3.05) is 26.3 Å². The number of hydrogen-bond donors (Lipinski definition) is 1.